The van der Waals surface area contributed by atoms with E-state index in [1.165, 1.54) is 37.4 Å². The van der Waals surface area contributed by atoms with Crippen LogP contribution in [0.5, 0.6) is 11.5 Å². The topological polar surface area (TPSA) is 137 Å². The zero-order chi connectivity index (χ0) is 27.6. The molecule has 10 nitrogen and oxygen atoms in total. The largest absolute Gasteiger partial charge is 0.493 e. The number of amidine groups is 1. The van der Waals surface area contributed by atoms with Crippen molar-refractivity contribution in [1.29, 1.82) is 0 Å². The Labute approximate surface area is 244 Å². The van der Waals surface area contributed by atoms with Crippen LogP contribution in [-0.2, 0) is 14.9 Å². The van der Waals surface area contributed by atoms with Gasteiger partial charge in [0, 0.05) is 12.1 Å². The second kappa shape index (κ2) is 11.4. The lowest BCUT2D eigenvalue weighted by atomic mass is 10.2. The van der Waals surface area contributed by atoms with Gasteiger partial charge < -0.3 is 14.2 Å². The number of ether oxygens (including phenoxy) is 1. The fourth-order valence-electron chi connectivity index (χ4n) is 3.21. The molecule has 196 valence electrons. The Kier molecular flexibility index (Phi) is 8.44. The molecular weight excluding hydrogens is 713 g/mol. The van der Waals surface area contributed by atoms with Crippen LogP contribution in [0.2, 0.25) is 0 Å². The maximum Gasteiger partial charge on any atom is 0.339 e. The highest BCUT2D eigenvalue weighted by Crippen LogP contribution is 2.38. The fourth-order valence-corrected chi connectivity index (χ4v) is 6.34. The van der Waals surface area contributed by atoms with E-state index in [-0.39, 0.29) is 28.0 Å². The Balaban J connectivity index is 1.59. The minimum atomic E-state index is -4.10. The van der Waals surface area contributed by atoms with E-state index in [0.717, 1.165) is 17.3 Å². The Bertz CT molecular complexity index is 1620. The number of nitro groups is 1. The molecule has 1 saturated heterocycles. The summed E-state index contributed by atoms with van der Waals surface area (Å²) < 4.78 is 37.3. The monoisotopic (exact) mass is 729 g/mol. The van der Waals surface area contributed by atoms with Crippen molar-refractivity contribution < 1.29 is 27.1 Å². The van der Waals surface area contributed by atoms with Crippen LogP contribution in [0.1, 0.15) is 11.1 Å². The Hall–Kier alpha value is -2.95. The molecule has 4 rings (SSSR count). The maximum absolute atomic E-state index is 12.8. The molecule has 14 heteroatoms. The number of nitrogens with one attached hydrogen (secondary N) is 1. The zero-order valence-electron chi connectivity index (χ0n) is 19.6. The molecule has 0 saturated carbocycles. The first kappa shape index (κ1) is 28.1. The molecule has 1 fully saturated rings. The summed E-state index contributed by atoms with van der Waals surface area (Å²) >= 11 is 6.28. The van der Waals surface area contributed by atoms with Crippen molar-refractivity contribution in [3.63, 3.8) is 0 Å². The summed E-state index contributed by atoms with van der Waals surface area (Å²) in [4.78, 5) is 27.7. The van der Waals surface area contributed by atoms with Crippen LogP contribution in [0.4, 0.5) is 11.4 Å². The number of rotatable bonds is 7. The summed E-state index contributed by atoms with van der Waals surface area (Å²) in [7, 11) is -2.72. The molecule has 0 aliphatic carbocycles. The van der Waals surface area contributed by atoms with E-state index < -0.39 is 15.0 Å². The minimum Gasteiger partial charge on any atom is -0.493 e. The quantitative estimate of drug-likeness (QED) is 0.104. The summed E-state index contributed by atoms with van der Waals surface area (Å²) in [6.45, 7) is 1.85. The van der Waals surface area contributed by atoms with Gasteiger partial charge in [-0.25, -0.2) is 4.99 Å². The SMILES string of the molecule is COc1cc(/C=C2/SC(=Nc3ccc([N+](=O)[O-])cc3Br)NC2=O)cc(I)c1OS(=O)(=O)c1ccc(C)cc1. The van der Waals surface area contributed by atoms with Crippen molar-refractivity contribution in [2.75, 3.05) is 7.11 Å². The summed E-state index contributed by atoms with van der Waals surface area (Å²) in [5.74, 6) is -0.181. The number of carbonyl (C=O) groups is 1. The third-order valence-corrected chi connectivity index (χ3v) is 8.65. The fraction of sp³-hybridized carbons (Fsp3) is 0.0833. The predicted octanol–water partition coefficient (Wildman–Crippen LogP) is 5.94. The third kappa shape index (κ3) is 6.36. The average Bonchev–Trinajstić information content (AvgIpc) is 3.20. The number of nitrogens with zero attached hydrogens (tertiary/aromatic N) is 2. The summed E-state index contributed by atoms with van der Waals surface area (Å²) in [5.41, 5.74) is 1.80. The maximum atomic E-state index is 12.8. The highest BCUT2D eigenvalue weighted by Gasteiger charge is 2.26. The number of amides is 1. The minimum absolute atomic E-state index is 0.0117. The molecule has 0 spiro atoms. The Morgan fingerprint density at radius 2 is 1.87 bits per heavy atom. The summed E-state index contributed by atoms with van der Waals surface area (Å²) in [6.07, 6.45) is 1.61. The van der Waals surface area contributed by atoms with E-state index in [9.17, 15) is 23.3 Å². The van der Waals surface area contributed by atoms with Gasteiger partial charge in [0.25, 0.3) is 11.6 Å². The molecule has 1 heterocycles. The van der Waals surface area contributed by atoms with Gasteiger partial charge in [-0.2, -0.15) is 8.42 Å². The van der Waals surface area contributed by atoms with E-state index in [0.29, 0.717) is 29.4 Å². The molecule has 0 bridgehead atoms. The number of aryl methyl sites for hydroxylation is 1. The van der Waals surface area contributed by atoms with Gasteiger partial charge in [0.1, 0.15) is 4.90 Å². The number of methoxy groups -OCH3 is 1. The molecular formula is C24H17BrIN3O7S2. The number of thioether (sulfide) groups is 1. The van der Waals surface area contributed by atoms with E-state index in [1.54, 1.807) is 30.3 Å². The predicted molar refractivity (Wildman–Crippen MR) is 156 cm³/mol. The van der Waals surface area contributed by atoms with Crippen LogP contribution in [-0.4, -0.2) is 31.5 Å². The van der Waals surface area contributed by atoms with E-state index in [2.05, 4.69) is 26.2 Å². The van der Waals surface area contributed by atoms with Gasteiger partial charge in [-0.05, 0) is 99.2 Å². The molecule has 38 heavy (non-hydrogen) atoms. The lowest BCUT2D eigenvalue weighted by molar-refractivity contribution is -0.384. The molecule has 1 amide bonds. The number of halogens is 2. The molecule has 0 unspecified atom stereocenters. The van der Waals surface area contributed by atoms with Crippen LogP contribution in [0.25, 0.3) is 6.08 Å². The van der Waals surface area contributed by atoms with Gasteiger partial charge in [-0.15, -0.1) is 0 Å². The van der Waals surface area contributed by atoms with Crippen LogP contribution in [0.15, 0.2) is 73.9 Å². The number of nitro benzene ring substituents is 1. The second-order valence-corrected chi connectivity index (χ2v) is 12.4. The van der Waals surface area contributed by atoms with Crippen LogP contribution in [0, 0.1) is 20.6 Å². The molecule has 3 aromatic rings. The van der Waals surface area contributed by atoms with Crippen molar-refractivity contribution in [2.45, 2.75) is 11.8 Å². The summed E-state index contributed by atoms with van der Waals surface area (Å²) in [6, 6.07) is 13.6. The van der Waals surface area contributed by atoms with Crippen LogP contribution in [0.3, 0.4) is 0 Å². The molecule has 1 aliphatic rings. The van der Waals surface area contributed by atoms with Gasteiger partial charge >= 0.3 is 10.1 Å². The van der Waals surface area contributed by atoms with Gasteiger partial charge in [-0.3, -0.25) is 14.9 Å². The molecule has 0 aromatic heterocycles. The van der Waals surface area contributed by atoms with Crippen molar-refractivity contribution >= 4 is 88.9 Å². The molecule has 0 atom stereocenters. The molecule has 1 aliphatic heterocycles. The standard InChI is InChI=1S/C24H17BrIN3O7S2/c1-13-3-6-16(7-4-13)38(33,34)36-22-18(26)9-14(10-20(22)35-2)11-21-23(30)28-24(37-21)27-19-8-5-15(29(31)32)12-17(19)25/h3-12H,1-2H3,(H,27,28,30)/b21-11+. The number of hydrogen-bond acceptors (Lipinski definition) is 9. The lowest BCUT2D eigenvalue weighted by Crippen LogP contribution is -2.19. The number of benzene rings is 3. The first-order valence-electron chi connectivity index (χ1n) is 10.6. The third-order valence-electron chi connectivity index (χ3n) is 5.07. The van der Waals surface area contributed by atoms with Crippen molar-refractivity contribution in [2.24, 2.45) is 4.99 Å². The highest BCUT2D eigenvalue weighted by molar-refractivity contribution is 14.1. The van der Waals surface area contributed by atoms with Gasteiger partial charge in [0.2, 0.25) is 0 Å². The Morgan fingerprint density at radius 1 is 1.16 bits per heavy atom. The zero-order valence-corrected chi connectivity index (χ0v) is 25.0. The number of aliphatic imine (C=N–C) groups is 1. The molecule has 1 N–H and O–H groups in total. The van der Waals surface area contributed by atoms with Crippen LogP contribution >= 0.6 is 50.3 Å². The first-order chi connectivity index (χ1) is 18.0. The molecule has 3 aromatic carbocycles. The van der Waals surface area contributed by atoms with Gasteiger partial charge in [-0.1, -0.05) is 17.7 Å². The number of non-ortho nitro benzene ring substituents is 1. The number of hydrogen-bond donors (Lipinski definition) is 1. The van der Waals surface area contributed by atoms with Gasteiger partial charge in [0.05, 0.1) is 30.7 Å². The Morgan fingerprint density at radius 3 is 2.50 bits per heavy atom. The van der Waals surface area contributed by atoms with E-state index in [1.807, 2.05) is 29.5 Å². The second-order valence-electron chi connectivity index (χ2n) is 7.76. The van der Waals surface area contributed by atoms with Crippen LogP contribution < -0.4 is 14.2 Å². The normalized spacial score (nSPS) is 15.5. The van der Waals surface area contributed by atoms with E-state index >= 15 is 0 Å². The molecule has 0 radical (unpaired) electrons. The van der Waals surface area contributed by atoms with Crippen molar-refractivity contribution in [3.8, 4) is 11.5 Å². The number of carbonyl (C=O) groups excluding carboxylic acids is 1. The van der Waals surface area contributed by atoms with Crippen molar-refractivity contribution in [1.82, 2.24) is 5.32 Å². The summed E-state index contributed by atoms with van der Waals surface area (Å²) in [5, 5.41) is 13.9. The van der Waals surface area contributed by atoms with E-state index in [4.69, 9.17) is 8.92 Å². The van der Waals surface area contributed by atoms with Crippen molar-refractivity contribution in [3.05, 3.63) is 88.8 Å². The average molecular weight is 730 g/mol. The highest BCUT2D eigenvalue weighted by atomic mass is 127. The smallest absolute Gasteiger partial charge is 0.339 e. The lowest BCUT2D eigenvalue weighted by Gasteiger charge is -2.13. The van der Waals surface area contributed by atoms with Gasteiger partial charge in [0.15, 0.2) is 16.7 Å². The first-order valence-corrected chi connectivity index (χ1v) is 14.7.